The van der Waals surface area contributed by atoms with Gasteiger partial charge in [0.2, 0.25) is 5.91 Å². The average Bonchev–Trinajstić information content (AvgIpc) is 2.89. The second kappa shape index (κ2) is 5.19. The van der Waals surface area contributed by atoms with Crippen LogP contribution in [0.4, 0.5) is 0 Å². The first kappa shape index (κ1) is 13.0. The molecule has 2 fully saturated rings. The van der Waals surface area contributed by atoms with Crippen molar-refractivity contribution in [2.75, 3.05) is 24.6 Å². The van der Waals surface area contributed by atoms with E-state index in [9.17, 15) is 14.7 Å². The minimum absolute atomic E-state index is 0.0674. The largest absolute Gasteiger partial charge is 0.481 e. The molecule has 4 unspecified atom stereocenters. The molecule has 0 spiro atoms. The standard InChI is InChI=1S/C14H19NO3S/c16-13(15-4-1-6-19-7-5-15)11-9-2-3-10(8-9)12(11)14(17)18/h2-3,9-12H,1,4-8H2,(H,17,18). The number of hydrogen-bond donors (Lipinski definition) is 1. The highest BCUT2D eigenvalue weighted by Crippen LogP contribution is 2.48. The number of thioether (sulfide) groups is 1. The maximum absolute atomic E-state index is 12.7. The molecule has 2 bridgehead atoms. The minimum atomic E-state index is -0.806. The number of carbonyl (C=O) groups excluding carboxylic acids is 1. The molecule has 1 heterocycles. The van der Waals surface area contributed by atoms with Gasteiger partial charge >= 0.3 is 5.97 Å². The summed E-state index contributed by atoms with van der Waals surface area (Å²) in [6.07, 6.45) is 5.91. The summed E-state index contributed by atoms with van der Waals surface area (Å²) in [7, 11) is 0. The fraction of sp³-hybridized carbons (Fsp3) is 0.714. The highest BCUT2D eigenvalue weighted by molar-refractivity contribution is 7.99. The molecule has 1 aliphatic heterocycles. The van der Waals surface area contributed by atoms with E-state index in [2.05, 4.69) is 6.08 Å². The number of amides is 1. The molecule has 1 saturated heterocycles. The molecule has 0 radical (unpaired) electrons. The van der Waals surface area contributed by atoms with E-state index < -0.39 is 11.9 Å². The zero-order valence-electron chi connectivity index (χ0n) is 10.8. The summed E-state index contributed by atoms with van der Waals surface area (Å²) in [4.78, 5) is 26.0. The second-order valence-electron chi connectivity index (χ2n) is 5.63. The number of carboxylic acids is 1. The molecule has 19 heavy (non-hydrogen) atoms. The van der Waals surface area contributed by atoms with Gasteiger partial charge in [0.25, 0.3) is 0 Å². The number of carbonyl (C=O) groups is 2. The Morgan fingerprint density at radius 1 is 1.11 bits per heavy atom. The van der Waals surface area contributed by atoms with Crippen molar-refractivity contribution in [1.82, 2.24) is 4.90 Å². The van der Waals surface area contributed by atoms with Crippen LogP contribution in [-0.2, 0) is 9.59 Å². The molecule has 4 nitrogen and oxygen atoms in total. The van der Waals surface area contributed by atoms with Gasteiger partial charge in [0, 0.05) is 18.8 Å². The Labute approximate surface area is 117 Å². The average molecular weight is 281 g/mol. The molecule has 0 aromatic heterocycles. The Kier molecular flexibility index (Phi) is 3.56. The normalized spacial score (nSPS) is 37.4. The van der Waals surface area contributed by atoms with Crippen molar-refractivity contribution in [3.05, 3.63) is 12.2 Å². The monoisotopic (exact) mass is 281 g/mol. The van der Waals surface area contributed by atoms with Gasteiger partial charge in [-0.15, -0.1) is 0 Å². The van der Waals surface area contributed by atoms with Crippen molar-refractivity contribution in [3.63, 3.8) is 0 Å². The number of rotatable bonds is 2. The molecule has 1 N–H and O–H groups in total. The van der Waals surface area contributed by atoms with Crippen LogP contribution in [0.5, 0.6) is 0 Å². The van der Waals surface area contributed by atoms with Gasteiger partial charge in [0.1, 0.15) is 0 Å². The lowest BCUT2D eigenvalue weighted by atomic mass is 9.82. The first-order chi connectivity index (χ1) is 9.18. The smallest absolute Gasteiger partial charge is 0.307 e. The third-order valence-corrected chi connectivity index (χ3v) is 5.61. The maximum atomic E-state index is 12.7. The van der Waals surface area contributed by atoms with Crippen LogP contribution in [0, 0.1) is 23.7 Å². The van der Waals surface area contributed by atoms with E-state index in [1.165, 1.54) is 0 Å². The molecular formula is C14H19NO3S. The molecule has 5 heteroatoms. The highest BCUT2D eigenvalue weighted by Gasteiger charge is 2.52. The van der Waals surface area contributed by atoms with Crippen molar-refractivity contribution >= 4 is 23.6 Å². The van der Waals surface area contributed by atoms with Gasteiger partial charge in [0.15, 0.2) is 0 Å². The number of hydrogen-bond acceptors (Lipinski definition) is 3. The van der Waals surface area contributed by atoms with Crippen molar-refractivity contribution in [1.29, 1.82) is 0 Å². The first-order valence-electron chi connectivity index (χ1n) is 6.96. The Morgan fingerprint density at radius 2 is 1.84 bits per heavy atom. The Hall–Kier alpha value is -0.970. The van der Waals surface area contributed by atoms with E-state index in [0.717, 1.165) is 37.4 Å². The zero-order valence-corrected chi connectivity index (χ0v) is 11.6. The molecule has 3 rings (SSSR count). The number of fused-ring (bicyclic) bond motifs is 2. The van der Waals surface area contributed by atoms with Gasteiger partial charge in [0.05, 0.1) is 11.8 Å². The zero-order chi connectivity index (χ0) is 13.4. The fourth-order valence-electron chi connectivity index (χ4n) is 3.67. The summed E-state index contributed by atoms with van der Waals surface area (Å²) in [6.45, 7) is 1.56. The van der Waals surface area contributed by atoms with Crippen LogP contribution in [0.1, 0.15) is 12.8 Å². The third kappa shape index (κ3) is 2.29. The number of carboxylic acid groups (broad SMARTS) is 1. The fourth-order valence-corrected chi connectivity index (χ4v) is 4.56. The SMILES string of the molecule is O=C(O)C1C2C=CC(C2)C1C(=O)N1CCCSCC1. The van der Waals surface area contributed by atoms with Crippen LogP contribution in [0.25, 0.3) is 0 Å². The Bertz CT molecular complexity index is 415. The van der Waals surface area contributed by atoms with Crippen LogP contribution < -0.4 is 0 Å². The van der Waals surface area contributed by atoms with Crippen LogP contribution in [0.3, 0.4) is 0 Å². The van der Waals surface area contributed by atoms with Gasteiger partial charge in [-0.25, -0.2) is 0 Å². The lowest BCUT2D eigenvalue weighted by Gasteiger charge is -2.30. The number of aliphatic carboxylic acids is 1. The molecule has 0 aromatic rings. The minimum Gasteiger partial charge on any atom is -0.481 e. The van der Waals surface area contributed by atoms with E-state index in [4.69, 9.17) is 0 Å². The van der Waals surface area contributed by atoms with E-state index in [0.29, 0.717) is 0 Å². The van der Waals surface area contributed by atoms with E-state index in [1.54, 1.807) is 0 Å². The molecule has 104 valence electrons. The molecule has 0 aromatic carbocycles. The quantitative estimate of drug-likeness (QED) is 0.779. The van der Waals surface area contributed by atoms with Crippen LogP contribution >= 0.6 is 11.8 Å². The molecule has 3 aliphatic rings. The third-order valence-electron chi connectivity index (χ3n) is 4.56. The van der Waals surface area contributed by atoms with Gasteiger partial charge in [-0.2, -0.15) is 11.8 Å². The molecule has 2 aliphatic carbocycles. The maximum Gasteiger partial charge on any atom is 0.307 e. The summed E-state index contributed by atoms with van der Waals surface area (Å²) >= 11 is 1.88. The van der Waals surface area contributed by atoms with Gasteiger partial charge in [-0.1, -0.05) is 12.2 Å². The van der Waals surface area contributed by atoms with E-state index in [-0.39, 0.29) is 23.7 Å². The van der Waals surface area contributed by atoms with Crippen molar-refractivity contribution in [2.45, 2.75) is 12.8 Å². The Balaban J connectivity index is 1.78. The van der Waals surface area contributed by atoms with Crippen molar-refractivity contribution in [2.24, 2.45) is 23.7 Å². The molecular weight excluding hydrogens is 262 g/mol. The number of nitrogens with zero attached hydrogens (tertiary/aromatic N) is 1. The topological polar surface area (TPSA) is 57.6 Å². The Morgan fingerprint density at radius 3 is 2.58 bits per heavy atom. The van der Waals surface area contributed by atoms with Gasteiger partial charge in [-0.3, -0.25) is 9.59 Å². The summed E-state index contributed by atoms with van der Waals surface area (Å²) in [5.41, 5.74) is 0. The predicted octanol–water partition coefficient (Wildman–Crippen LogP) is 1.47. The van der Waals surface area contributed by atoms with Gasteiger partial charge in [-0.05, 0) is 30.4 Å². The highest BCUT2D eigenvalue weighted by atomic mass is 32.2. The predicted molar refractivity (Wildman–Crippen MR) is 73.9 cm³/mol. The van der Waals surface area contributed by atoms with Crippen LogP contribution in [0.2, 0.25) is 0 Å². The molecule has 1 amide bonds. The summed E-state index contributed by atoms with van der Waals surface area (Å²) in [5.74, 6) is 0.732. The first-order valence-corrected chi connectivity index (χ1v) is 8.11. The molecule has 4 atom stereocenters. The van der Waals surface area contributed by atoms with Crippen molar-refractivity contribution in [3.8, 4) is 0 Å². The summed E-state index contributed by atoms with van der Waals surface area (Å²) in [5, 5.41) is 9.40. The van der Waals surface area contributed by atoms with Crippen molar-refractivity contribution < 1.29 is 14.7 Å². The second-order valence-corrected chi connectivity index (χ2v) is 6.85. The van der Waals surface area contributed by atoms with Crippen LogP contribution in [-0.4, -0.2) is 46.5 Å². The van der Waals surface area contributed by atoms with Gasteiger partial charge < -0.3 is 10.0 Å². The summed E-state index contributed by atoms with van der Waals surface area (Å²) < 4.78 is 0. The lowest BCUT2D eigenvalue weighted by Crippen LogP contribution is -2.43. The molecule has 1 saturated carbocycles. The van der Waals surface area contributed by atoms with Crippen LogP contribution in [0.15, 0.2) is 12.2 Å². The van der Waals surface area contributed by atoms with E-state index in [1.807, 2.05) is 22.7 Å². The lowest BCUT2D eigenvalue weighted by molar-refractivity contribution is -0.150. The summed E-state index contributed by atoms with van der Waals surface area (Å²) in [6, 6.07) is 0. The number of allylic oxidation sites excluding steroid dienone is 2. The van der Waals surface area contributed by atoms with E-state index >= 15 is 0 Å².